The summed E-state index contributed by atoms with van der Waals surface area (Å²) >= 11 is 0. The molecule has 0 unspecified atom stereocenters. The van der Waals surface area contributed by atoms with E-state index in [0.29, 0.717) is 24.4 Å². The molecular formula is C24H30N2O7. The summed E-state index contributed by atoms with van der Waals surface area (Å²) < 4.78 is 5.41. The first-order valence-corrected chi connectivity index (χ1v) is 11.1. The first-order chi connectivity index (χ1) is 15.4. The molecule has 0 N–H and O–H groups in total. The van der Waals surface area contributed by atoms with Gasteiger partial charge in [0.15, 0.2) is 5.78 Å². The molecule has 1 fully saturated rings. The molecule has 33 heavy (non-hydrogen) atoms. The number of hydrogen-bond acceptors (Lipinski definition) is 7. The molecule has 0 aliphatic carbocycles. The maximum atomic E-state index is 13.1. The molecule has 0 bridgehead atoms. The number of benzene rings is 1. The van der Waals surface area contributed by atoms with E-state index in [1.165, 1.54) is 17.0 Å². The van der Waals surface area contributed by atoms with Gasteiger partial charge >= 0.3 is 12.1 Å². The molecule has 9 nitrogen and oxygen atoms in total. The van der Waals surface area contributed by atoms with E-state index >= 15 is 0 Å². The van der Waals surface area contributed by atoms with Crippen molar-refractivity contribution in [3.8, 4) is 0 Å². The van der Waals surface area contributed by atoms with Crippen LogP contribution in [0.5, 0.6) is 0 Å². The summed E-state index contributed by atoms with van der Waals surface area (Å²) in [4.78, 5) is 70.1. The lowest BCUT2D eigenvalue weighted by molar-refractivity contribution is -0.176. The Hall–Kier alpha value is -3.23. The van der Waals surface area contributed by atoms with E-state index in [9.17, 15) is 24.0 Å². The third-order valence-corrected chi connectivity index (χ3v) is 5.72. The van der Waals surface area contributed by atoms with Crippen molar-refractivity contribution in [2.75, 3.05) is 6.54 Å². The third kappa shape index (κ3) is 5.23. The average Bonchev–Trinajstić information content (AvgIpc) is 3.31. The van der Waals surface area contributed by atoms with Crippen LogP contribution in [0.2, 0.25) is 0 Å². The second-order valence-corrected chi connectivity index (χ2v) is 9.71. The van der Waals surface area contributed by atoms with Gasteiger partial charge in [0.05, 0.1) is 23.1 Å². The van der Waals surface area contributed by atoms with Gasteiger partial charge in [-0.05, 0) is 51.7 Å². The predicted octanol–water partition coefficient (Wildman–Crippen LogP) is 3.37. The van der Waals surface area contributed by atoms with Crippen LogP contribution in [0.15, 0.2) is 24.3 Å². The van der Waals surface area contributed by atoms with Gasteiger partial charge < -0.3 is 9.57 Å². The Morgan fingerprint density at radius 3 is 2.15 bits per heavy atom. The third-order valence-electron chi connectivity index (χ3n) is 5.72. The summed E-state index contributed by atoms with van der Waals surface area (Å²) in [5.41, 5.74) is -0.373. The molecule has 0 radical (unpaired) electrons. The number of carbonyl (C=O) groups excluding carboxylic acids is 5. The molecule has 0 aromatic heterocycles. The number of likely N-dealkylation sites (tertiary alicyclic amines) is 1. The van der Waals surface area contributed by atoms with E-state index in [0.717, 1.165) is 0 Å². The van der Waals surface area contributed by atoms with Crippen LogP contribution in [0, 0.1) is 11.8 Å². The summed E-state index contributed by atoms with van der Waals surface area (Å²) in [6.07, 6.45) is 0.398. The van der Waals surface area contributed by atoms with Crippen molar-refractivity contribution in [3.05, 3.63) is 35.4 Å². The van der Waals surface area contributed by atoms with Gasteiger partial charge in [0.1, 0.15) is 5.60 Å². The molecule has 1 saturated heterocycles. The maximum absolute atomic E-state index is 13.1. The zero-order valence-electron chi connectivity index (χ0n) is 19.6. The number of imide groups is 1. The van der Waals surface area contributed by atoms with Crippen molar-refractivity contribution >= 4 is 29.7 Å². The normalized spacial score (nSPS) is 19.0. The van der Waals surface area contributed by atoms with Gasteiger partial charge in [-0.1, -0.05) is 31.0 Å². The van der Waals surface area contributed by atoms with Gasteiger partial charge in [-0.2, -0.15) is 0 Å². The maximum Gasteiger partial charge on any atom is 0.410 e. The fourth-order valence-corrected chi connectivity index (χ4v) is 3.99. The Labute approximate surface area is 192 Å². The first-order valence-electron chi connectivity index (χ1n) is 11.1. The van der Waals surface area contributed by atoms with Gasteiger partial charge in [-0.15, -0.1) is 0 Å². The van der Waals surface area contributed by atoms with Crippen molar-refractivity contribution in [3.63, 3.8) is 0 Å². The summed E-state index contributed by atoms with van der Waals surface area (Å²) in [5, 5.41) is 0.454. The van der Waals surface area contributed by atoms with Crippen LogP contribution in [-0.4, -0.2) is 57.8 Å². The minimum atomic E-state index is -0.886. The number of hydrogen-bond donors (Lipinski definition) is 0. The summed E-state index contributed by atoms with van der Waals surface area (Å²) in [6, 6.07) is 5.51. The van der Waals surface area contributed by atoms with Gasteiger partial charge in [0.2, 0.25) is 0 Å². The quantitative estimate of drug-likeness (QED) is 0.601. The summed E-state index contributed by atoms with van der Waals surface area (Å²) in [5.74, 6) is -3.74. The summed E-state index contributed by atoms with van der Waals surface area (Å²) in [6.45, 7) is 9.16. The van der Waals surface area contributed by atoms with E-state index in [1.807, 2.05) is 0 Å². The number of amides is 3. The van der Waals surface area contributed by atoms with Crippen LogP contribution >= 0.6 is 0 Å². The van der Waals surface area contributed by atoms with Crippen LogP contribution in [0.4, 0.5) is 4.79 Å². The Morgan fingerprint density at radius 1 is 1.06 bits per heavy atom. The molecule has 2 aliphatic rings. The standard InChI is InChI=1S/C24H30N2O7/c1-14(2)17(13-19(27)18-11-8-12-25(18)23(31)32-24(3,4)5)22(30)33-26-20(28)15-9-6-7-10-16(15)21(26)29/h6-7,9-10,14,17-18H,8,11-13H2,1-5H3/t17-,18+/m0/s1. The van der Waals surface area contributed by atoms with Crippen molar-refractivity contribution in [2.24, 2.45) is 11.8 Å². The van der Waals surface area contributed by atoms with Crippen molar-refractivity contribution in [1.29, 1.82) is 0 Å². The number of hydroxylamine groups is 2. The molecule has 178 valence electrons. The molecule has 9 heteroatoms. The fourth-order valence-electron chi connectivity index (χ4n) is 3.99. The number of nitrogens with zero attached hydrogens (tertiary/aromatic N) is 2. The molecule has 1 aromatic carbocycles. The lowest BCUT2D eigenvalue weighted by Gasteiger charge is -2.29. The zero-order valence-corrected chi connectivity index (χ0v) is 19.6. The van der Waals surface area contributed by atoms with E-state index < -0.39 is 41.4 Å². The SMILES string of the molecule is CC(C)[C@H](CC(=O)[C@H]1CCCN1C(=O)OC(C)(C)C)C(=O)ON1C(=O)c2ccccc2C1=O. The minimum Gasteiger partial charge on any atom is -0.444 e. The second kappa shape index (κ2) is 9.33. The number of Topliss-reactive ketones (excluding diaryl/α,β-unsaturated/α-hetero) is 1. The highest BCUT2D eigenvalue weighted by atomic mass is 16.7. The lowest BCUT2D eigenvalue weighted by Crippen LogP contribution is -2.44. The van der Waals surface area contributed by atoms with Crippen molar-refractivity contribution < 1.29 is 33.5 Å². The zero-order chi connectivity index (χ0) is 24.5. The highest BCUT2D eigenvalue weighted by Crippen LogP contribution is 2.28. The molecule has 1 aromatic rings. The van der Waals surface area contributed by atoms with E-state index in [-0.39, 0.29) is 29.2 Å². The van der Waals surface area contributed by atoms with Crippen LogP contribution < -0.4 is 0 Å². The Balaban J connectivity index is 1.69. The number of carbonyl (C=O) groups is 5. The predicted molar refractivity (Wildman–Crippen MR) is 117 cm³/mol. The van der Waals surface area contributed by atoms with Crippen molar-refractivity contribution in [1.82, 2.24) is 9.96 Å². The van der Waals surface area contributed by atoms with Crippen molar-refractivity contribution in [2.45, 2.75) is 65.5 Å². The summed E-state index contributed by atoms with van der Waals surface area (Å²) in [7, 11) is 0. The van der Waals surface area contributed by atoms with Crippen LogP contribution in [0.3, 0.4) is 0 Å². The molecule has 2 atom stereocenters. The highest BCUT2D eigenvalue weighted by molar-refractivity contribution is 6.20. The monoisotopic (exact) mass is 458 g/mol. The van der Waals surface area contributed by atoms with E-state index in [1.54, 1.807) is 46.8 Å². The number of fused-ring (bicyclic) bond motifs is 1. The van der Waals surface area contributed by atoms with E-state index in [4.69, 9.17) is 9.57 Å². The average molecular weight is 459 g/mol. The Bertz CT molecular complexity index is 944. The van der Waals surface area contributed by atoms with Gasteiger partial charge in [0.25, 0.3) is 11.8 Å². The minimum absolute atomic E-state index is 0.159. The Kier molecular flexibility index (Phi) is 6.90. The second-order valence-electron chi connectivity index (χ2n) is 9.71. The molecule has 2 heterocycles. The lowest BCUT2D eigenvalue weighted by atomic mass is 9.88. The molecule has 3 amide bonds. The van der Waals surface area contributed by atoms with Crippen LogP contribution in [0.1, 0.15) is 74.6 Å². The smallest absolute Gasteiger partial charge is 0.410 e. The van der Waals surface area contributed by atoms with Crippen LogP contribution in [-0.2, 0) is 19.2 Å². The molecule has 3 rings (SSSR count). The molecule has 2 aliphatic heterocycles. The van der Waals surface area contributed by atoms with Crippen LogP contribution in [0.25, 0.3) is 0 Å². The number of rotatable bonds is 6. The first kappa shape index (κ1) is 24.4. The van der Waals surface area contributed by atoms with Gasteiger partial charge in [0, 0.05) is 13.0 Å². The van der Waals surface area contributed by atoms with Gasteiger partial charge in [-0.3, -0.25) is 19.3 Å². The molecular weight excluding hydrogens is 428 g/mol. The fraction of sp³-hybridized carbons (Fsp3) is 0.542. The molecule has 0 spiro atoms. The topological polar surface area (TPSA) is 110 Å². The number of ketones is 1. The number of ether oxygens (including phenoxy) is 1. The van der Waals surface area contributed by atoms with Gasteiger partial charge in [-0.25, -0.2) is 9.59 Å². The molecule has 0 saturated carbocycles. The Morgan fingerprint density at radius 2 is 1.64 bits per heavy atom. The highest BCUT2D eigenvalue weighted by Gasteiger charge is 2.42. The largest absolute Gasteiger partial charge is 0.444 e. The van der Waals surface area contributed by atoms with E-state index in [2.05, 4.69) is 0 Å².